The van der Waals surface area contributed by atoms with Gasteiger partial charge >= 0.3 is 5.97 Å². The van der Waals surface area contributed by atoms with Crippen LogP contribution in [0.25, 0.3) is 0 Å². The number of benzene rings is 1. The molecule has 0 aromatic heterocycles. The predicted molar refractivity (Wildman–Crippen MR) is 110 cm³/mol. The first-order chi connectivity index (χ1) is 13.2. The first kappa shape index (κ1) is 22.3. The SMILES string of the molecule is C=CC(C#CC#CC(O)/C=C\CCCCCCC)OC(=O)c1ccccc1. The summed E-state index contributed by atoms with van der Waals surface area (Å²) in [5.41, 5.74) is 0.451. The molecule has 1 aromatic carbocycles. The van der Waals surface area contributed by atoms with Crippen molar-refractivity contribution in [2.24, 2.45) is 0 Å². The fourth-order valence-corrected chi connectivity index (χ4v) is 2.25. The normalized spacial score (nSPS) is 12.2. The van der Waals surface area contributed by atoms with E-state index in [2.05, 4.69) is 37.2 Å². The molecule has 0 saturated carbocycles. The molecule has 1 rings (SSSR count). The average molecular weight is 364 g/mol. The van der Waals surface area contributed by atoms with Gasteiger partial charge in [-0.25, -0.2) is 4.79 Å². The summed E-state index contributed by atoms with van der Waals surface area (Å²) in [4.78, 5) is 12.0. The Morgan fingerprint density at radius 3 is 2.56 bits per heavy atom. The van der Waals surface area contributed by atoms with Crippen LogP contribution in [0.2, 0.25) is 0 Å². The Morgan fingerprint density at radius 1 is 1.15 bits per heavy atom. The summed E-state index contributed by atoms with van der Waals surface area (Å²) < 4.78 is 5.24. The molecule has 2 unspecified atom stereocenters. The van der Waals surface area contributed by atoms with E-state index in [9.17, 15) is 9.90 Å². The van der Waals surface area contributed by atoms with Crippen LogP contribution in [-0.4, -0.2) is 23.3 Å². The fourth-order valence-electron chi connectivity index (χ4n) is 2.25. The molecule has 0 radical (unpaired) electrons. The van der Waals surface area contributed by atoms with Crippen LogP contribution in [0.5, 0.6) is 0 Å². The Kier molecular flexibility index (Phi) is 11.9. The smallest absolute Gasteiger partial charge is 0.339 e. The van der Waals surface area contributed by atoms with Crippen molar-refractivity contribution in [2.75, 3.05) is 0 Å². The third kappa shape index (κ3) is 10.8. The van der Waals surface area contributed by atoms with Crippen molar-refractivity contribution < 1.29 is 14.6 Å². The third-order valence-electron chi connectivity index (χ3n) is 3.75. The Labute approximate surface area is 163 Å². The van der Waals surface area contributed by atoms with Crippen LogP contribution >= 0.6 is 0 Å². The maximum atomic E-state index is 12.0. The summed E-state index contributed by atoms with van der Waals surface area (Å²) in [7, 11) is 0. The second-order valence-corrected chi connectivity index (χ2v) is 6.04. The van der Waals surface area contributed by atoms with Gasteiger partial charge in [0.2, 0.25) is 0 Å². The quantitative estimate of drug-likeness (QED) is 0.284. The van der Waals surface area contributed by atoms with E-state index in [1.165, 1.54) is 31.8 Å². The third-order valence-corrected chi connectivity index (χ3v) is 3.75. The van der Waals surface area contributed by atoms with Gasteiger partial charge in [0, 0.05) is 0 Å². The largest absolute Gasteiger partial charge is 0.441 e. The molecule has 0 aliphatic carbocycles. The molecule has 0 saturated heterocycles. The Hall–Kier alpha value is -2.75. The van der Waals surface area contributed by atoms with Gasteiger partial charge in [-0.3, -0.25) is 0 Å². The highest BCUT2D eigenvalue weighted by molar-refractivity contribution is 5.89. The second kappa shape index (κ2) is 14.4. The first-order valence-corrected chi connectivity index (χ1v) is 9.41. The van der Waals surface area contributed by atoms with Crippen molar-refractivity contribution in [3.05, 3.63) is 60.7 Å². The van der Waals surface area contributed by atoms with Crippen LogP contribution < -0.4 is 0 Å². The van der Waals surface area contributed by atoms with Crippen molar-refractivity contribution in [1.29, 1.82) is 0 Å². The minimum atomic E-state index is -0.844. The van der Waals surface area contributed by atoms with E-state index >= 15 is 0 Å². The summed E-state index contributed by atoms with van der Waals surface area (Å²) in [5, 5.41) is 9.77. The van der Waals surface area contributed by atoms with Crippen molar-refractivity contribution in [1.82, 2.24) is 0 Å². The van der Waals surface area contributed by atoms with Crippen LogP contribution in [0.3, 0.4) is 0 Å². The summed E-state index contributed by atoms with van der Waals surface area (Å²) in [6.45, 7) is 5.81. The molecule has 0 fully saturated rings. The number of carbonyl (C=O) groups excluding carboxylic acids is 1. The number of hydrogen-bond acceptors (Lipinski definition) is 3. The molecule has 0 heterocycles. The number of aliphatic hydroxyl groups excluding tert-OH is 1. The zero-order valence-electron chi connectivity index (χ0n) is 16.0. The maximum absolute atomic E-state index is 12.0. The fraction of sp³-hybridized carbons (Fsp3) is 0.375. The molecule has 1 aromatic rings. The molecule has 27 heavy (non-hydrogen) atoms. The molecule has 0 aliphatic heterocycles. The summed E-state index contributed by atoms with van der Waals surface area (Å²) in [6.07, 6.45) is 10.6. The van der Waals surface area contributed by atoms with Gasteiger partial charge in [-0.15, -0.1) is 0 Å². The molecule has 0 aliphatic rings. The lowest BCUT2D eigenvalue weighted by Gasteiger charge is -2.07. The number of allylic oxidation sites excluding steroid dienone is 1. The minimum absolute atomic E-state index is 0.451. The highest BCUT2D eigenvalue weighted by Gasteiger charge is 2.10. The van der Waals surface area contributed by atoms with Gasteiger partial charge in [0.25, 0.3) is 0 Å². The topological polar surface area (TPSA) is 46.5 Å². The molecule has 2 atom stereocenters. The van der Waals surface area contributed by atoms with E-state index in [1.54, 1.807) is 30.3 Å². The zero-order chi connectivity index (χ0) is 19.7. The minimum Gasteiger partial charge on any atom is -0.441 e. The number of ether oxygens (including phenoxy) is 1. The van der Waals surface area contributed by atoms with Gasteiger partial charge in [0.1, 0.15) is 6.10 Å². The molecule has 3 heteroatoms. The first-order valence-electron chi connectivity index (χ1n) is 9.41. The summed E-state index contributed by atoms with van der Waals surface area (Å²) in [6, 6.07) is 8.68. The molecule has 0 bridgehead atoms. The van der Waals surface area contributed by atoms with E-state index in [0.717, 1.165) is 12.8 Å². The highest BCUT2D eigenvalue weighted by Crippen LogP contribution is 2.06. The number of rotatable bonds is 10. The lowest BCUT2D eigenvalue weighted by Crippen LogP contribution is -2.14. The van der Waals surface area contributed by atoms with E-state index in [-0.39, 0.29) is 0 Å². The Bertz CT molecular complexity index is 711. The molecule has 0 spiro atoms. The van der Waals surface area contributed by atoms with Gasteiger partial charge in [0.15, 0.2) is 6.10 Å². The molecule has 0 amide bonds. The highest BCUT2D eigenvalue weighted by atomic mass is 16.5. The van der Waals surface area contributed by atoms with Gasteiger partial charge in [-0.1, -0.05) is 69.4 Å². The predicted octanol–water partition coefficient (Wildman–Crippen LogP) is 4.68. The number of aliphatic hydroxyl groups is 1. The van der Waals surface area contributed by atoms with E-state index in [0.29, 0.717) is 5.56 Å². The maximum Gasteiger partial charge on any atom is 0.339 e. The second-order valence-electron chi connectivity index (χ2n) is 6.04. The van der Waals surface area contributed by atoms with Crippen LogP contribution in [0.15, 0.2) is 55.1 Å². The standard InChI is InChI=1S/C24H28O3/c1-3-5-6-7-8-9-13-18-22(25)19-14-15-20-23(4-2)27-24(26)21-16-11-10-12-17-21/h4,10-13,16-18,22-23,25H,2-3,5-9H2,1H3/b18-13-. The number of esters is 1. The Balaban J connectivity index is 2.40. The Morgan fingerprint density at radius 2 is 1.85 bits per heavy atom. The lowest BCUT2D eigenvalue weighted by atomic mass is 10.1. The van der Waals surface area contributed by atoms with Crippen molar-refractivity contribution >= 4 is 5.97 Å². The van der Waals surface area contributed by atoms with E-state index in [4.69, 9.17) is 4.74 Å². The number of carbonyl (C=O) groups is 1. The molecular formula is C24H28O3. The van der Waals surface area contributed by atoms with E-state index < -0.39 is 18.2 Å². The zero-order valence-corrected chi connectivity index (χ0v) is 16.0. The van der Waals surface area contributed by atoms with Gasteiger partial charge in [0.05, 0.1) is 5.56 Å². The summed E-state index contributed by atoms with van der Waals surface area (Å²) in [5.74, 6) is 10.0. The molecule has 3 nitrogen and oxygen atoms in total. The number of unbranched alkanes of at least 4 members (excludes halogenated alkanes) is 5. The summed E-state index contributed by atoms with van der Waals surface area (Å²) >= 11 is 0. The molecule has 142 valence electrons. The van der Waals surface area contributed by atoms with E-state index in [1.807, 2.05) is 12.1 Å². The molecular weight excluding hydrogens is 336 g/mol. The number of hydrogen-bond donors (Lipinski definition) is 1. The van der Waals surface area contributed by atoms with Crippen molar-refractivity contribution in [2.45, 2.75) is 57.7 Å². The van der Waals surface area contributed by atoms with Gasteiger partial charge in [-0.2, -0.15) is 0 Å². The van der Waals surface area contributed by atoms with Crippen LogP contribution in [-0.2, 0) is 4.74 Å². The van der Waals surface area contributed by atoms with Gasteiger partial charge < -0.3 is 9.84 Å². The van der Waals surface area contributed by atoms with Crippen LogP contribution in [0.4, 0.5) is 0 Å². The monoisotopic (exact) mass is 364 g/mol. The van der Waals surface area contributed by atoms with Crippen molar-refractivity contribution in [3.63, 3.8) is 0 Å². The van der Waals surface area contributed by atoms with Crippen LogP contribution in [0, 0.1) is 23.7 Å². The lowest BCUT2D eigenvalue weighted by molar-refractivity contribution is 0.0475. The van der Waals surface area contributed by atoms with Gasteiger partial charge in [-0.05, 0) is 54.9 Å². The average Bonchev–Trinajstić information content (AvgIpc) is 2.70. The van der Waals surface area contributed by atoms with Crippen LogP contribution in [0.1, 0.15) is 55.8 Å². The van der Waals surface area contributed by atoms with Crippen molar-refractivity contribution in [3.8, 4) is 23.7 Å². The molecule has 1 N–H and O–H groups in total.